The van der Waals surface area contributed by atoms with Crippen molar-refractivity contribution in [3.8, 4) is 6.07 Å². The Balaban J connectivity index is 2.25. The average molecular weight is 309 g/mol. The molecule has 7 heteroatoms. The topological polar surface area (TPSA) is 105 Å². The van der Waals surface area contributed by atoms with Crippen molar-refractivity contribution in [3.63, 3.8) is 0 Å². The number of nitrogens with one attached hydrogen (secondary N) is 1. The van der Waals surface area contributed by atoms with Crippen LogP contribution in [-0.2, 0) is 14.8 Å². The molecular formula is C14H19N3O3S. The van der Waals surface area contributed by atoms with Crippen LogP contribution in [-0.4, -0.2) is 33.2 Å². The minimum absolute atomic E-state index is 0.107. The highest BCUT2D eigenvalue weighted by Gasteiger charge is 2.42. The molecule has 0 aliphatic heterocycles. The summed E-state index contributed by atoms with van der Waals surface area (Å²) in [5.41, 5.74) is 6.75. The molecule has 0 aromatic heterocycles. The summed E-state index contributed by atoms with van der Waals surface area (Å²) in [7, 11) is -3.73. The van der Waals surface area contributed by atoms with Crippen LogP contribution in [0.5, 0.6) is 0 Å². The van der Waals surface area contributed by atoms with Crippen LogP contribution in [0.15, 0.2) is 23.1 Å². The molecule has 1 aliphatic rings. The van der Waals surface area contributed by atoms with Crippen LogP contribution in [0.3, 0.4) is 0 Å². The zero-order valence-corrected chi connectivity index (χ0v) is 12.9. The molecule has 6 nitrogen and oxygen atoms in total. The predicted octanol–water partition coefficient (Wildman–Crippen LogP) is 0.650. The molecule has 21 heavy (non-hydrogen) atoms. The zero-order valence-electron chi connectivity index (χ0n) is 12.0. The summed E-state index contributed by atoms with van der Waals surface area (Å²) >= 11 is 0. The summed E-state index contributed by atoms with van der Waals surface area (Å²) in [6.45, 7) is 4.06. The van der Waals surface area contributed by atoms with Crippen molar-refractivity contribution in [1.82, 2.24) is 4.72 Å². The average Bonchev–Trinajstić information content (AvgIpc) is 2.45. The molecule has 1 aromatic carbocycles. The van der Waals surface area contributed by atoms with Gasteiger partial charge in [-0.05, 0) is 38.0 Å². The van der Waals surface area contributed by atoms with Gasteiger partial charge in [-0.1, -0.05) is 6.07 Å². The van der Waals surface area contributed by atoms with Crippen molar-refractivity contribution in [2.24, 2.45) is 5.73 Å². The van der Waals surface area contributed by atoms with Crippen molar-refractivity contribution >= 4 is 10.0 Å². The fourth-order valence-electron chi connectivity index (χ4n) is 2.39. The van der Waals surface area contributed by atoms with E-state index in [1.807, 2.05) is 13.0 Å². The third kappa shape index (κ3) is 3.24. The first-order chi connectivity index (χ1) is 9.89. The fourth-order valence-corrected chi connectivity index (χ4v) is 3.98. The normalized spacial score (nSPS) is 25.1. The molecule has 1 saturated carbocycles. The fraction of sp³-hybridized carbons (Fsp3) is 0.500. The second-order valence-corrected chi connectivity index (χ2v) is 6.81. The molecule has 1 aromatic rings. The molecule has 0 amide bonds. The first-order valence-electron chi connectivity index (χ1n) is 6.79. The standard InChI is InChI=1S/C14H19N3O3S/c1-3-20-12-7-11(16)14(12)17-21(18,19)13-6-10(8-15)5-4-9(13)2/h4-6,11-12,14,17H,3,7,16H2,1-2H3. The minimum Gasteiger partial charge on any atom is -0.377 e. The Morgan fingerprint density at radius 2 is 2.24 bits per heavy atom. The van der Waals surface area contributed by atoms with Crippen LogP contribution in [0.25, 0.3) is 0 Å². The first-order valence-corrected chi connectivity index (χ1v) is 8.27. The molecular weight excluding hydrogens is 290 g/mol. The molecule has 3 N–H and O–H groups in total. The Labute approximate surface area is 125 Å². The van der Waals surface area contributed by atoms with E-state index in [1.165, 1.54) is 6.07 Å². The largest absolute Gasteiger partial charge is 0.377 e. The van der Waals surface area contributed by atoms with Gasteiger partial charge in [-0.15, -0.1) is 0 Å². The van der Waals surface area contributed by atoms with Gasteiger partial charge in [-0.3, -0.25) is 0 Å². The zero-order chi connectivity index (χ0) is 15.6. The van der Waals surface area contributed by atoms with Crippen LogP contribution in [0.2, 0.25) is 0 Å². The molecule has 2 rings (SSSR count). The van der Waals surface area contributed by atoms with Gasteiger partial charge in [0.2, 0.25) is 10.0 Å². The number of nitrogens with two attached hydrogens (primary N) is 1. The van der Waals surface area contributed by atoms with E-state index in [0.29, 0.717) is 24.2 Å². The molecule has 0 bridgehead atoms. The first kappa shape index (κ1) is 15.9. The quantitative estimate of drug-likeness (QED) is 0.831. The van der Waals surface area contributed by atoms with Crippen molar-refractivity contribution in [2.75, 3.05) is 6.61 Å². The molecule has 1 aliphatic carbocycles. The number of hydrogen-bond acceptors (Lipinski definition) is 5. The summed E-state index contributed by atoms with van der Waals surface area (Å²) in [5.74, 6) is 0. The maximum Gasteiger partial charge on any atom is 0.241 e. The predicted molar refractivity (Wildman–Crippen MR) is 78.0 cm³/mol. The summed E-state index contributed by atoms with van der Waals surface area (Å²) in [6, 6.07) is 5.84. The number of rotatable bonds is 5. The highest BCUT2D eigenvalue weighted by atomic mass is 32.2. The monoisotopic (exact) mass is 309 g/mol. The molecule has 3 unspecified atom stereocenters. The van der Waals surface area contributed by atoms with Crippen molar-refractivity contribution in [2.45, 2.75) is 43.4 Å². The Morgan fingerprint density at radius 1 is 1.52 bits per heavy atom. The lowest BCUT2D eigenvalue weighted by atomic mass is 9.84. The van der Waals surface area contributed by atoms with E-state index in [-0.39, 0.29) is 17.0 Å². The molecule has 3 atom stereocenters. The van der Waals surface area contributed by atoms with Crippen LogP contribution in [0, 0.1) is 18.3 Å². The Kier molecular flexibility index (Phi) is 4.64. The van der Waals surface area contributed by atoms with Crippen LogP contribution >= 0.6 is 0 Å². The maximum atomic E-state index is 12.5. The highest BCUT2D eigenvalue weighted by molar-refractivity contribution is 7.89. The Hall–Kier alpha value is -1.46. The summed E-state index contributed by atoms with van der Waals surface area (Å²) in [4.78, 5) is 0.107. The Bertz CT molecular complexity index is 665. The molecule has 0 spiro atoms. The third-order valence-electron chi connectivity index (χ3n) is 3.65. The van der Waals surface area contributed by atoms with E-state index >= 15 is 0 Å². The molecule has 0 saturated heterocycles. The minimum atomic E-state index is -3.73. The van der Waals surface area contributed by atoms with E-state index in [4.69, 9.17) is 15.7 Å². The van der Waals surface area contributed by atoms with Gasteiger partial charge in [-0.2, -0.15) is 5.26 Å². The van der Waals surface area contributed by atoms with E-state index in [1.54, 1.807) is 19.1 Å². The summed E-state index contributed by atoms with van der Waals surface area (Å²) in [5, 5.41) is 8.91. The lowest BCUT2D eigenvalue weighted by Gasteiger charge is -2.42. The summed E-state index contributed by atoms with van der Waals surface area (Å²) < 4.78 is 33.0. The number of nitriles is 1. The van der Waals surface area contributed by atoms with Gasteiger partial charge in [0.05, 0.1) is 28.7 Å². The van der Waals surface area contributed by atoms with Gasteiger partial charge in [0, 0.05) is 12.6 Å². The van der Waals surface area contributed by atoms with E-state index in [9.17, 15) is 8.42 Å². The van der Waals surface area contributed by atoms with Gasteiger partial charge < -0.3 is 10.5 Å². The number of aryl methyl sites for hydroxylation is 1. The molecule has 1 fully saturated rings. The van der Waals surface area contributed by atoms with Crippen molar-refractivity contribution in [1.29, 1.82) is 5.26 Å². The number of hydrogen-bond donors (Lipinski definition) is 2. The van der Waals surface area contributed by atoms with Gasteiger partial charge in [0.25, 0.3) is 0 Å². The van der Waals surface area contributed by atoms with Crippen LogP contribution in [0.4, 0.5) is 0 Å². The third-order valence-corrected chi connectivity index (χ3v) is 5.25. The molecule has 114 valence electrons. The van der Waals surface area contributed by atoms with E-state index < -0.39 is 16.1 Å². The van der Waals surface area contributed by atoms with Gasteiger partial charge in [0.15, 0.2) is 0 Å². The Morgan fingerprint density at radius 3 is 2.81 bits per heavy atom. The molecule has 0 heterocycles. The second kappa shape index (κ2) is 6.12. The SMILES string of the molecule is CCOC1CC(N)C1NS(=O)(=O)c1cc(C#N)ccc1C. The van der Waals surface area contributed by atoms with Crippen molar-refractivity contribution < 1.29 is 13.2 Å². The number of benzene rings is 1. The summed E-state index contributed by atoms with van der Waals surface area (Å²) in [6.07, 6.45) is 0.442. The number of sulfonamides is 1. The lowest BCUT2D eigenvalue weighted by molar-refractivity contribution is -0.0248. The number of nitrogens with zero attached hydrogens (tertiary/aromatic N) is 1. The maximum absolute atomic E-state index is 12.5. The van der Waals surface area contributed by atoms with Gasteiger partial charge in [0.1, 0.15) is 0 Å². The number of ether oxygens (including phenoxy) is 1. The van der Waals surface area contributed by atoms with Crippen molar-refractivity contribution in [3.05, 3.63) is 29.3 Å². The van der Waals surface area contributed by atoms with Crippen LogP contribution < -0.4 is 10.5 Å². The lowest BCUT2D eigenvalue weighted by Crippen LogP contribution is -2.64. The van der Waals surface area contributed by atoms with E-state index in [2.05, 4.69) is 4.72 Å². The second-order valence-electron chi connectivity index (χ2n) is 5.13. The van der Waals surface area contributed by atoms with Crippen LogP contribution in [0.1, 0.15) is 24.5 Å². The molecule has 0 radical (unpaired) electrons. The van der Waals surface area contributed by atoms with E-state index in [0.717, 1.165) is 0 Å². The smallest absolute Gasteiger partial charge is 0.241 e. The van der Waals surface area contributed by atoms with Gasteiger partial charge >= 0.3 is 0 Å². The highest BCUT2D eigenvalue weighted by Crippen LogP contribution is 2.25. The van der Waals surface area contributed by atoms with Gasteiger partial charge in [-0.25, -0.2) is 13.1 Å².